The Bertz CT molecular complexity index is 301. The van der Waals surface area contributed by atoms with Crippen LogP contribution in [-0.4, -0.2) is 42.3 Å². The summed E-state index contributed by atoms with van der Waals surface area (Å²) in [6.07, 6.45) is 1.64. The fourth-order valence-electron chi connectivity index (χ4n) is 2.58. The molecule has 0 aliphatic carbocycles. The number of ether oxygens (including phenoxy) is 1. The monoisotopic (exact) mass is 254 g/mol. The minimum Gasteiger partial charge on any atom is -0.373 e. The average Bonchev–Trinajstić information content (AvgIpc) is 2.33. The molecule has 2 N–H and O–H groups in total. The third-order valence-electron chi connectivity index (χ3n) is 4.30. The molecule has 0 aromatic rings. The molecule has 3 nitrogen and oxygen atoms in total. The van der Waals surface area contributed by atoms with Crippen molar-refractivity contribution in [2.45, 2.75) is 72.3 Å². The molecular formula is C15H30N2O. The number of morpholine rings is 1. The molecule has 1 fully saturated rings. The summed E-state index contributed by atoms with van der Waals surface area (Å²) in [4.78, 5) is 2.51. The lowest BCUT2D eigenvalue weighted by Crippen LogP contribution is -2.52. The highest BCUT2D eigenvalue weighted by molar-refractivity contribution is 5.17. The van der Waals surface area contributed by atoms with Gasteiger partial charge in [-0.05, 0) is 41.0 Å². The molecule has 0 bridgehead atoms. The van der Waals surface area contributed by atoms with Gasteiger partial charge in [0.25, 0.3) is 0 Å². The van der Waals surface area contributed by atoms with E-state index in [1.54, 1.807) is 0 Å². The minimum absolute atomic E-state index is 0.205. The Morgan fingerprint density at radius 1 is 1.33 bits per heavy atom. The molecule has 0 aromatic heterocycles. The van der Waals surface area contributed by atoms with Gasteiger partial charge < -0.3 is 10.5 Å². The average molecular weight is 254 g/mol. The first-order valence-electron chi connectivity index (χ1n) is 7.18. The summed E-state index contributed by atoms with van der Waals surface area (Å²) in [6.45, 7) is 15.1. The van der Waals surface area contributed by atoms with Crippen LogP contribution in [0.4, 0.5) is 0 Å². The minimum atomic E-state index is 0.205. The molecule has 1 heterocycles. The zero-order chi connectivity index (χ0) is 13.9. The molecule has 4 unspecified atom stereocenters. The summed E-state index contributed by atoms with van der Waals surface area (Å²) in [6, 6.07) is 0.679. The van der Waals surface area contributed by atoms with Crippen molar-refractivity contribution in [3.63, 3.8) is 0 Å². The highest BCUT2D eigenvalue weighted by atomic mass is 16.5. The molecule has 0 spiro atoms. The van der Waals surface area contributed by atoms with Crippen molar-refractivity contribution in [3.05, 3.63) is 11.1 Å². The van der Waals surface area contributed by atoms with Crippen molar-refractivity contribution in [1.29, 1.82) is 0 Å². The van der Waals surface area contributed by atoms with Gasteiger partial charge in [0.1, 0.15) is 0 Å². The standard InChI is InChI=1S/C15H30N2O/c1-7-15(16)12(4)10(2)8-17-9-11(3)18-14(6)13(17)5/h11,13-15H,7-9,16H2,1-6H3/b12-10-. The summed E-state index contributed by atoms with van der Waals surface area (Å²) in [5.41, 5.74) is 8.87. The summed E-state index contributed by atoms with van der Waals surface area (Å²) in [5, 5.41) is 0. The SMILES string of the molecule is CCC(N)/C(C)=C(/C)CN1CC(C)OC(C)C1C. The van der Waals surface area contributed by atoms with Gasteiger partial charge in [-0.25, -0.2) is 0 Å². The van der Waals surface area contributed by atoms with E-state index in [2.05, 4.69) is 46.4 Å². The largest absolute Gasteiger partial charge is 0.373 e. The number of nitrogens with zero attached hydrogens (tertiary/aromatic N) is 1. The van der Waals surface area contributed by atoms with Gasteiger partial charge in [-0.1, -0.05) is 18.1 Å². The quantitative estimate of drug-likeness (QED) is 0.784. The van der Waals surface area contributed by atoms with Crippen molar-refractivity contribution < 1.29 is 4.74 Å². The first kappa shape index (κ1) is 15.7. The first-order valence-corrected chi connectivity index (χ1v) is 7.18. The molecule has 106 valence electrons. The van der Waals surface area contributed by atoms with E-state index in [9.17, 15) is 0 Å². The van der Waals surface area contributed by atoms with E-state index in [4.69, 9.17) is 10.5 Å². The van der Waals surface area contributed by atoms with Crippen LogP contribution in [0.3, 0.4) is 0 Å². The molecule has 1 rings (SSSR count). The Morgan fingerprint density at radius 2 is 1.94 bits per heavy atom. The second-order valence-corrected chi connectivity index (χ2v) is 5.80. The van der Waals surface area contributed by atoms with Gasteiger partial charge in [0.2, 0.25) is 0 Å². The Balaban J connectivity index is 2.71. The molecule has 1 saturated heterocycles. The van der Waals surface area contributed by atoms with Gasteiger partial charge in [-0.15, -0.1) is 0 Å². The highest BCUT2D eigenvalue weighted by Gasteiger charge is 2.29. The van der Waals surface area contributed by atoms with Gasteiger partial charge >= 0.3 is 0 Å². The van der Waals surface area contributed by atoms with Gasteiger partial charge in [0, 0.05) is 25.2 Å². The Morgan fingerprint density at radius 3 is 2.50 bits per heavy atom. The van der Waals surface area contributed by atoms with Crippen molar-refractivity contribution in [2.75, 3.05) is 13.1 Å². The van der Waals surface area contributed by atoms with E-state index < -0.39 is 0 Å². The first-order chi connectivity index (χ1) is 8.36. The summed E-state index contributed by atoms with van der Waals surface area (Å²) in [7, 11) is 0. The van der Waals surface area contributed by atoms with Crippen LogP contribution in [0, 0.1) is 0 Å². The van der Waals surface area contributed by atoms with Gasteiger partial charge in [0.05, 0.1) is 12.2 Å². The molecule has 0 radical (unpaired) electrons. The predicted molar refractivity (Wildman–Crippen MR) is 77.7 cm³/mol. The van der Waals surface area contributed by atoms with E-state index in [0.717, 1.165) is 19.5 Å². The molecule has 3 heteroatoms. The lowest BCUT2D eigenvalue weighted by molar-refractivity contribution is -0.0961. The zero-order valence-electron chi connectivity index (χ0n) is 12.9. The summed E-state index contributed by atoms with van der Waals surface area (Å²) >= 11 is 0. The molecule has 18 heavy (non-hydrogen) atoms. The molecule has 0 saturated carbocycles. The third-order valence-corrected chi connectivity index (χ3v) is 4.30. The number of rotatable bonds is 4. The second kappa shape index (κ2) is 6.69. The van der Waals surface area contributed by atoms with Gasteiger partial charge in [0.15, 0.2) is 0 Å². The molecule has 1 aliphatic rings. The lowest BCUT2D eigenvalue weighted by atomic mass is 10.00. The third kappa shape index (κ3) is 3.81. The number of hydrogen-bond acceptors (Lipinski definition) is 3. The Hall–Kier alpha value is -0.380. The van der Waals surface area contributed by atoms with Crippen molar-refractivity contribution in [2.24, 2.45) is 5.73 Å². The van der Waals surface area contributed by atoms with Crippen LogP contribution in [0.25, 0.3) is 0 Å². The Labute approximate surface area is 112 Å². The smallest absolute Gasteiger partial charge is 0.0703 e. The number of nitrogens with two attached hydrogens (primary N) is 1. The van der Waals surface area contributed by atoms with E-state index in [1.807, 2.05) is 0 Å². The highest BCUT2D eigenvalue weighted by Crippen LogP contribution is 2.20. The van der Waals surface area contributed by atoms with Crippen LogP contribution in [0.2, 0.25) is 0 Å². The maximum Gasteiger partial charge on any atom is 0.0703 e. The normalized spacial score (nSPS) is 33.2. The van der Waals surface area contributed by atoms with Crippen LogP contribution in [0.15, 0.2) is 11.1 Å². The van der Waals surface area contributed by atoms with Gasteiger partial charge in [-0.3, -0.25) is 4.90 Å². The maximum absolute atomic E-state index is 6.11. The van der Waals surface area contributed by atoms with Crippen LogP contribution in [-0.2, 0) is 4.74 Å². The zero-order valence-corrected chi connectivity index (χ0v) is 12.9. The summed E-state index contributed by atoms with van der Waals surface area (Å²) < 4.78 is 5.86. The maximum atomic E-state index is 6.11. The van der Waals surface area contributed by atoms with E-state index >= 15 is 0 Å². The second-order valence-electron chi connectivity index (χ2n) is 5.80. The van der Waals surface area contributed by atoms with E-state index in [1.165, 1.54) is 11.1 Å². The molecule has 1 aliphatic heterocycles. The summed E-state index contributed by atoms with van der Waals surface area (Å²) in [5.74, 6) is 0. The topological polar surface area (TPSA) is 38.5 Å². The van der Waals surface area contributed by atoms with Gasteiger partial charge in [-0.2, -0.15) is 0 Å². The van der Waals surface area contributed by atoms with Crippen molar-refractivity contribution in [3.8, 4) is 0 Å². The fourth-order valence-corrected chi connectivity index (χ4v) is 2.58. The van der Waals surface area contributed by atoms with Crippen LogP contribution in [0.1, 0.15) is 48.0 Å². The Kier molecular flexibility index (Phi) is 5.83. The van der Waals surface area contributed by atoms with Crippen LogP contribution < -0.4 is 5.73 Å². The van der Waals surface area contributed by atoms with Crippen LogP contribution >= 0.6 is 0 Å². The van der Waals surface area contributed by atoms with Crippen LogP contribution in [0.5, 0.6) is 0 Å². The van der Waals surface area contributed by atoms with E-state index in [-0.39, 0.29) is 6.04 Å². The molecule has 0 amide bonds. The van der Waals surface area contributed by atoms with Crippen molar-refractivity contribution in [1.82, 2.24) is 4.90 Å². The molecule has 4 atom stereocenters. The van der Waals surface area contributed by atoms with E-state index in [0.29, 0.717) is 18.2 Å². The predicted octanol–water partition coefficient (Wildman–Crippen LogP) is 2.56. The van der Waals surface area contributed by atoms with Crippen molar-refractivity contribution >= 4 is 0 Å². The number of hydrogen-bond donors (Lipinski definition) is 1. The fraction of sp³-hybridized carbons (Fsp3) is 0.867. The molecule has 0 aromatic carbocycles. The lowest BCUT2D eigenvalue weighted by Gasteiger charge is -2.41. The molecular weight excluding hydrogens is 224 g/mol.